The number of hydrogen-bond acceptors (Lipinski definition) is 3. The molecule has 2 atom stereocenters. The van der Waals surface area contributed by atoms with Gasteiger partial charge in [0.25, 0.3) is 0 Å². The fourth-order valence-corrected chi connectivity index (χ4v) is 4.04. The van der Waals surface area contributed by atoms with Crippen molar-refractivity contribution >= 4 is 17.8 Å². The Hall–Kier alpha value is -2.37. The van der Waals surface area contributed by atoms with E-state index in [-0.39, 0.29) is 42.7 Å². The van der Waals surface area contributed by atoms with Gasteiger partial charge >= 0.3 is 5.97 Å². The zero-order valence-electron chi connectivity index (χ0n) is 14.9. The van der Waals surface area contributed by atoms with Crippen molar-refractivity contribution in [2.45, 2.75) is 57.0 Å². The lowest BCUT2D eigenvalue weighted by atomic mass is 10.00. The highest BCUT2D eigenvalue weighted by Crippen LogP contribution is 2.30. The van der Waals surface area contributed by atoms with Crippen LogP contribution in [0.3, 0.4) is 0 Å². The van der Waals surface area contributed by atoms with Gasteiger partial charge in [-0.05, 0) is 24.8 Å². The van der Waals surface area contributed by atoms with Gasteiger partial charge in [-0.25, -0.2) is 0 Å². The maximum absolute atomic E-state index is 12.7. The molecular formula is C20H26N2O4. The summed E-state index contributed by atoms with van der Waals surface area (Å²) in [7, 11) is 0. The number of carboxylic acid groups (broad SMARTS) is 1. The molecule has 0 radical (unpaired) electrons. The quantitative estimate of drug-likeness (QED) is 0.784. The molecule has 2 N–H and O–H groups in total. The van der Waals surface area contributed by atoms with Crippen molar-refractivity contribution in [2.24, 2.45) is 5.92 Å². The molecule has 1 saturated heterocycles. The Morgan fingerprint density at radius 1 is 1.19 bits per heavy atom. The van der Waals surface area contributed by atoms with E-state index in [0.717, 1.165) is 31.2 Å². The van der Waals surface area contributed by atoms with Gasteiger partial charge in [0.05, 0.1) is 12.0 Å². The molecular weight excluding hydrogens is 332 g/mol. The fourth-order valence-electron chi connectivity index (χ4n) is 4.04. The number of rotatable bonds is 7. The standard InChI is InChI=1S/C20H26N2O4/c23-18-12-15(13-22(18)16-8-4-5-9-16)20(26)21-17(10-11-19(24)25)14-6-2-1-3-7-14/h1-3,6-7,15-17H,4-5,8-13H2,(H,21,26)(H,24,25)/t15-,17+/m1/s1. The highest BCUT2D eigenvalue weighted by atomic mass is 16.4. The molecule has 0 spiro atoms. The second-order valence-corrected chi connectivity index (χ2v) is 7.29. The summed E-state index contributed by atoms with van der Waals surface area (Å²) in [6.45, 7) is 0.482. The van der Waals surface area contributed by atoms with Crippen LogP contribution < -0.4 is 5.32 Å². The van der Waals surface area contributed by atoms with Gasteiger partial charge in [-0.3, -0.25) is 14.4 Å². The first-order valence-corrected chi connectivity index (χ1v) is 9.41. The van der Waals surface area contributed by atoms with Gasteiger partial charge in [-0.2, -0.15) is 0 Å². The number of amides is 2. The van der Waals surface area contributed by atoms with Crippen LogP contribution in [0.5, 0.6) is 0 Å². The number of carboxylic acids is 1. The minimum absolute atomic E-state index is 0.0162. The van der Waals surface area contributed by atoms with E-state index in [1.165, 1.54) is 0 Å². The number of nitrogens with one attached hydrogen (secondary N) is 1. The van der Waals surface area contributed by atoms with Gasteiger partial charge in [-0.1, -0.05) is 43.2 Å². The van der Waals surface area contributed by atoms with Crippen molar-refractivity contribution in [1.82, 2.24) is 10.2 Å². The van der Waals surface area contributed by atoms with Crippen LogP contribution >= 0.6 is 0 Å². The molecule has 2 fully saturated rings. The van der Waals surface area contributed by atoms with E-state index < -0.39 is 5.97 Å². The highest BCUT2D eigenvalue weighted by molar-refractivity contribution is 5.89. The largest absolute Gasteiger partial charge is 0.481 e. The van der Waals surface area contributed by atoms with Crippen LogP contribution in [0.4, 0.5) is 0 Å². The normalized spacial score (nSPS) is 21.8. The van der Waals surface area contributed by atoms with Crippen LogP contribution in [-0.2, 0) is 14.4 Å². The molecule has 0 aromatic heterocycles. The molecule has 140 valence electrons. The van der Waals surface area contributed by atoms with Crippen LogP contribution in [0.2, 0.25) is 0 Å². The van der Waals surface area contributed by atoms with Gasteiger partial charge in [0.15, 0.2) is 0 Å². The summed E-state index contributed by atoms with van der Waals surface area (Å²) in [6, 6.07) is 9.34. The SMILES string of the molecule is O=C(O)CC[C@H](NC(=O)[C@@H]1CC(=O)N(C2CCCC2)C1)c1ccccc1. The van der Waals surface area contributed by atoms with Crippen LogP contribution in [0.1, 0.15) is 56.6 Å². The number of likely N-dealkylation sites (tertiary alicyclic amines) is 1. The van der Waals surface area contributed by atoms with E-state index in [1.807, 2.05) is 35.2 Å². The van der Waals surface area contributed by atoms with Gasteiger partial charge in [0.1, 0.15) is 0 Å². The van der Waals surface area contributed by atoms with Gasteiger partial charge in [-0.15, -0.1) is 0 Å². The highest BCUT2D eigenvalue weighted by Gasteiger charge is 2.39. The Bertz CT molecular complexity index is 655. The molecule has 26 heavy (non-hydrogen) atoms. The molecule has 1 aliphatic heterocycles. The minimum Gasteiger partial charge on any atom is -0.481 e. The average Bonchev–Trinajstić information content (AvgIpc) is 3.28. The third-order valence-corrected chi connectivity index (χ3v) is 5.46. The summed E-state index contributed by atoms with van der Waals surface area (Å²) in [5.74, 6) is -1.32. The molecule has 6 nitrogen and oxygen atoms in total. The van der Waals surface area contributed by atoms with Crippen molar-refractivity contribution in [1.29, 1.82) is 0 Å². The lowest BCUT2D eigenvalue weighted by Gasteiger charge is -2.24. The Balaban J connectivity index is 1.63. The number of benzene rings is 1. The summed E-state index contributed by atoms with van der Waals surface area (Å²) in [4.78, 5) is 37.9. The summed E-state index contributed by atoms with van der Waals surface area (Å²) in [5.41, 5.74) is 0.888. The molecule has 1 aliphatic carbocycles. The first-order valence-electron chi connectivity index (χ1n) is 9.41. The lowest BCUT2D eigenvalue weighted by molar-refractivity contribution is -0.137. The Morgan fingerprint density at radius 3 is 2.54 bits per heavy atom. The Labute approximate surface area is 153 Å². The zero-order valence-corrected chi connectivity index (χ0v) is 14.9. The topological polar surface area (TPSA) is 86.7 Å². The predicted molar refractivity (Wildman–Crippen MR) is 96.3 cm³/mol. The first kappa shape index (κ1) is 18.4. The van der Waals surface area contributed by atoms with Gasteiger partial charge < -0.3 is 15.3 Å². The first-order chi connectivity index (χ1) is 12.5. The van der Waals surface area contributed by atoms with Crippen LogP contribution in [0.25, 0.3) is 0 Å². The van der Waals surface area contributed by atoms with Crippen molar-refractivity contribution in [3.05, 3.63) is 35.9 Å². The van der Waals surface area contributed by atoms with E-state index in [0.29, 0.717) is 13.0 Å². The molecule has 0 unspecified atom stereocenters. The maximum Gasteiger partial charge on any atom is 0.303 e. The van der Waals surface area contributed by atoms with Crippen molar-refractivity contribution in [3.8, 4) is 0 Å². The molecule has 1 aromatic rings. The number of hydrogen-bond donors (Lipinski definition) is 2. The van der Waals surface area contributed by atoms with Crippen LogP contribution in [0, 0.1) is 5.92 Å². The summed E-state index contributed by atoms with van der Waals surface area (Å²) in [6.07, 6.45) is 4.93. The van der Waals surface area contributed by atoms with Crippen molar-refractivity contribution < 1.29 is 19.5 Å². The van der Waals surface area contributed by atoms with E-state index in [4.69, 9.17) is 5.11 Å². The smallest absolute Gasteiger partial charge is 0.303 e. The zero-order chi connectivity index (χ0) is 18.5. The monoisotopic (exact) mass is 358 g/mol. The molecule has 0 bridgehead atoms. The Kier molecular flexibility index (Phi) is 5.91. The minimum atomic E-state index is -0.886. The molecule has 1 saturated carbocycles. The lowest BCUT2D eigenvalue weighted by Crippen LogP contribution is -2.38. The van der Waals surface area contributed by atoms with Gasteiger partial charge in [0.2, 0.25) is 11.8 Å². The number of carbonyl (C=O) groups excluding carboxylic acids is 2. The van der Waals surface area contributed by atoms with Gasteiger partial charge in [0, 0.05) is 25.4 Å². The summed E-state index contributed by atoms with van der Waals surface area (Å²) in [5, 5.41) is 12.0. The third kappa shape index (κ3) is 4.42. The van der Waals surface area contributed by atoms with E-state index in [2.05, 4.69) is 5.32 Å². The second kappa shape index (κ2) is 8.34. The second-order valence-electron chi connectivity index (χ2n) is 7.29. The third-order valence-electron chi connectivity index (χ3n) is 5.46. The van der Waals surface area contributed by atoms with E-state index in [9.17, 15) is 14.4 Å². The molecule has 3 rings (SSSR count). The van der Waals surface area contributed by atoms with Crippen molar-refractivity contribution in [3.63, 3.8) is 0 Å². The molecule has 2 aliphatic rings. The molecule has 2 amide bonds. The van der Waals surface area contributed by atoms with Crippen LogP contribution in [0.15, 0.2) is 30.3 Å². The van der Waals surface area contributed by atoms with E-state index >= 15 is 0 Å². The fraction of sp³-hybridized carbons (Fsp3) is 0.550. The summed E-state index contributed by atoms with van der Waals surface area (Å²) >= 11 is 0. The average molecular weight is 358 g/mol. The molecule has 6 heteroatoms. The molecule has 1 heterocycles. The number of carbonyl (C=O) groups is 3. The number of aliphatic carboxylic acids is 1. The van der Waals surface area contributed by atoms with Crippen LogP contribution in [-0.4, -0.2) is 40.4 Å². The predicted octanol–water partition coefficient (Wildman–Crippen LogP) is 2.50. The maximum atomic E-state index is 12.7. The Morgan fingerprint density at radius 2 is 1.88 bits per heavy atom. The summed E-state index contributed by atoms with van der Waals surface area (Å²) < 4.78 is 0. The number of nitrogens with zero attached hydrogens (tertiary/aromatic N) is 1. The molecule has 1 aromatic carbocycles. The van der Waals surface area contributed by atoms with E-state index in [1.54, 1.807) is 0 Å². The van der Waals surface area contributed by atoms with Crippen molar-refractivity contribution in [2.75, 3.05) is 6.54 Å².